The van der Waals surface area contributed by atoms with Gasteiger partial charge in [0, 0.05) is 11.4 Å². The lowest BCUT2D eigenvalue weighted by Crippen LogP contribution is -2.66. The summed E-state index contributed by atoms with van der Waals surface area (Å²) in [6.07, 6.45) is 4.54. The Morgan fingerprint density at radius 3 is 2.28 bits per heavy atom. The van der Waals surface area contributed by atoms with Gasteiger partial charge < -0.3 is 15.1 Å². The van der Waals surface area contributed by atoms with Crippen molar-refractivity contribution in [3.63, 3.8) is 0 Å². The number of thioether (sulfide) groups is 1. The fourth-order valence-electron chi connectivity index (χ4n) is 5.81. The third kappa shape index (κ3) is 5.97. The zero-order valence-electron chi connectivity index (χ0n) is 22.2. The summed E-state index contributed by atoms with van der Waals surface area (Å²) < 4.78 is 0. The zero-order chi connectivity index (χ0) is 25.7. The van der Waals surface area contributed by atoms with E-state index in [1.54, 1.807) is 0 Å². The van der Waals surface area contributed by atoms with Gasteiger partial charge in [-0.15, -0.1) is 11.8 Å². The first-order valence-corrected chi connectivity index (χ1v) is 14.4. The third-order valence-corrected chi connectivity index (χ3v) is 9.02. The molecule has 194 valence electrons. The summed E-state index contributed by atoms with van der Waals surface area (Å²) in [7, 11) is 4.20. The van der Waals surface area contributed by atoms with Crippen molar-refractivity contribution in [2.75, 3.05) is 26.4 Å². The van der Waals surface area contributed by atoms with Gasteiger partial charge in [0.2, 0.25) is 11.8 Å². The molecule has 0 unspecified atom stereocenters. The minimum Gasteiger partial charge on any atom is -0.342 e. The van der Waals surface area contributed by atoms with Gasteiger partial charge in [0.25, 0.3) is 0 Å². The first-order valence-electron chi connectivity index (χ1n) is 13.5. The number of benzene rings is 2. The van der Waals surface area contributed by atoms with Crippen molar-refractivity contribution in [2.45, 2.75) is 69.5 Å². The number of hydrogen-bond donors (Lipinski definition) is 1. The number of hydrogen-bond acceptors (Lipinski definition) is 4. The van der Waals surface area contributed by atoms with Crippen molar-refractivity contribution in [3.8, 4) is 0 Å². The third-order valence-electron chi connectivity index (χ3n) is 7.82. The molecule has 1 aliphatic heterocycles. The Hall–Kier alpha value is -2.31. The van der Waals surface area contributed by atoms with E-state index in [0.717, 1.165) is 50.0 Å². The van der Waals surface area contributed by atoms with Crippen LogP contribution in [0.2, 0.25) is 0 Å². The molecule has 6 heteroatoms. The number of carbonyl (C=O) groups excluding carboxylic acids is 2. The molecule has 1 saturated heterocycles. The Balaban J connectivity index is 1.57. The minimum absolute atomic E-state index is 0.0142. The van der Waals surface area contributed by atoms with Gasteiger partial charge in [-0.1, -0.05) is 69.2 Å². The molecule has 0 saturated carbocycles. The van der Waals surface area contributed by atoms with Crippen LogP contribution in [0.5, 0.6) is 0 Å². The molecular formula is C30H41N3O2S. The fraction of sp³-hybridized carbons (Fsp3) is 0.533. The molecule has 36 heavy (non-hydrogen) atoms. The molecule has 1 fully saturated rings. The number of piperazine rings is 1. The van der Waals surface area contributed by atoms with E-state index in [2.05, 4.69) is 80.6 Å². The Bertz CT molecular complexity index is 1030. The second-order valence-electron chi connectivity index (χ2n) is 10.5. The average Bonchev–Trinajstić information content (AvgIpc) is 3.31. The molecule has 0 bridgehead atoms. The van der Waals surface area contributed by atoms with Crippen molar-refractivity contribution < 1.29 is 9.59 Å². The van der Waals surface area contributed by atoms with Gasteiger partial charge in [-0.05, 0) is 80.2 Å². The summed E-state index contributed by atoms with van der Waals surface area (Å²) in [6.45, 7) is 5.79. The van der Waals surface area contributed by atoms with Gasteiger partial charge in [-0.2, -0.15) is 0 Å². The van der Waals surface area contributed by atoms with Crippen LogP contribution in [0.3, 0.4) is 0 Å². The van der Waals surface area contributed by atoms with Crippen molar-refractivity contribution >= 4 is 23.6 Å². The van der Waals surface area contributed by atoms with Crippen molar-refractivity contribution in [3.05, 3.63) is 65.2 Å². The largest absolute Gasteiger partial charge is 0.342 e. The van der Waals surface area contributed by atoms with E-state index < -0.39 is 12.1 Å². The van der Waals surface area contributed by atoms with Gasteiger partial charge in [0.15, 0.2) is 0 Å². The Morgan fingerprint density at radius 1 is 1.00 bits per heavy atom. The zero-order valence-corrected chi connectivity index (χ0v) is 23.0. The summed E-state index contributed by atoms with van der Waals surface area (Å²) in [4.78, 5) is 33.0. The van der Waals surface area contributed by atoms with Crippen LogP contribution in [0.1, 0.15) is 49.8 Å². The van der Waals surface area contributed by atoms with Crippen LogP contribution in [-0.4, -0.2) is 60.1 Å². The topological polar surface area (TPSA) is 52.7 Å². The average molecular weight is 508 g/mol. The molecule has 2 atom stereocenters. The molecule has 2 aromatic carbocycles. The first kappa shape index (κ1) is 26.7. The van der Waals surface area contributed by atoms with Crippen LogP contribution in [-0.2, 0) is 29.0 Å². The van der Waals surface area contributed by atoms with Gasteiger partial charge in [0.05, 0.1) is 0 Å². The molecular weight excluding hydrogens is 466 g/mol. The van der Waals surface area contributed by atoms with Gasteiger partial charge in [0.1, 0.15) is 12.1 Å². The molecule has 1 N–H and O–H groups in total. The van der Waals surface area contributed by atoms with Gasteiger partial charge in [-0.3, -0.25) is 9.59 Å². The normalized spacial score (nSPS) is 20.3. The van der Waals surface area contributed by atoms with Gasteiger partial charge in [-0.25, -0.2) is 0 Å². The molecule has 2 aromatic rings. The molecule has 0 radical (unpaired) electrons. The molecule has 1 aliphatic carbocycles. The molecule has 2 aliphatic rings. The van der Waals surface area contributed by atoms with Crippen LogP contribution < -0.4 is 5.32 Å². The van der Waals surface area contributed by atoms with E-state index in [-0.39, 0.29) is 23.7 Å². The molecule has 4 rings (SSSR count). The Labute approximate surface area is 221 Å². The lowest BCUT2D eigenvalue weighted by molar-refractivity contribution is -0.154. The van der Waals surface area contributed by atoms with E-state index in [0.29, 0.717) is 6.54 Å². The number of rotatable bonds is 11. The number of amides is 2. The van der Waals surface area contributed by atoms with Crippen molar-refractivity contribution in [2.24, 2.45) is 11.8 Å². The molecule has 2 amide bonds. The second kappa shape index (κ2) is 12.3. The SMILES string of the molecule is CCC(CC)[C@@H]1C(=O)N[C@H](C2Cc3ccccc3C2)C(=O)N1Cc1ccccc1SCCCN(C)C. The van der Waals surface area contributed by atoms with E-state index in [1.807, 2.05) is 22.7 Å². The second-order valence-corrected chi connectivity index (χ2v) is 11.7. The first-order chi connectivity index (χ1) is 17.4. The predicted octanol–water partition coefficient (Wildman–Crippen LogP) is 4.78. The fourth-order valence-corrected chi connectivity index (χ4v) is 6.79. The maximum Gasteiger partial charge on any atom is 0.246 e. The maximum absolute atomic E-state index is 14.1. The number of carbonyl (C=O) groups is 2. The van der Waals surface area contributed by atoms with Gasteiger partial charge >= 0.3 is 0 Å². The van der Waals surface area contributed by atoms with E-state index in [1.165, 1.54) is 16.0 Å². The summed E-state index contributed by atoms with van der Waals surface area (Å²) >= 11 is 1.85. The van der Waals surface area contributed by atoms with Crippen LogP contribution in [0.25, 0.3) is 0 Å². The van der Waals surface area contributed by atoms with Crippen LogP contribution in [0.4, 0.5) is 0 Å². The summed E-state index contributed by atoms with van der Waals surface area (Å²) in [5, 5.41) is 3.18. The standard InChI is InChI=1S/C30H41N3O2S/c1-5-21(6-2)28-29(34)31-27(25-18-22-12-7-8-13-23(22)19-25)30(35)33(28)20-24-14-9-10-15-26(24)36-17-11-16-32(3)4/h7-10,12-15,21,25,27-28H,5-6,11,16-20H2,1-4H3,(H,31,34)/t27-,28-/m1/s1. The lowest BCUT2D eigenvalue weighted by Gasteiger charge is -2.44. The minimum atomic E-state index is -0.463. The number of nitrogens with zero attached hydrogens (tertiary/aromatic N) is 2. The molecule has 1 heterocycles. The number of nitrogens with one attached hydrogen (secondary N) is 1. The quantitative estimate of drug-likeness (QED) is 0.351. The summed E-state index contributed by atoms with van der Waals surface area (Å²) in [5.41, 5.74) is 3.75. The van der Waals surface area contributed by atoms with E-state index >= 15 is 0 Å². The lowest BCUT2D eigenvalue weighted by atomic mass is 9.86. The highest BCUT2D eigenvalue weighted by Crippen LogP contribution is 2.34. The maximum atomic E-state index is 14.1. The molecule has 0 aromatic heterocycles. The highest BCUT2D eigenvalue weighted by atomic mass is 32.2. The Morgan fingerprint density at radius 2 is 1.64 bits per heavy atom. The monoisotopic (exact) mass is 507 g/mol. The van der Waals surface area contributed by atoms with Crippen LogP contribution in [0, 0.1) is 11.8 Å². The highest BCUT2D eigenvalue weighted by molar-refractivity contribution is 7.99. The summed E-state index contributed by atoms with van der Waals surface area (Å²) in [5.74, 6) is 1.38. The predicted molar refractivity (Wildman–Crippen MR) is 148 cm³/mol. The van der Waals surface area contributed by atoms with Crippen LogP contribution >= 0.6 is 11.8 Å². The molecule has 0 spiro atoms. The van der Waals surface area contributed by atoms with E-state index in [9.17, 15) is 9.59 Å². The van der Waals surface area contributed by atoms with Crippen LogP contribution in [0.15, 0.2) is 53.4 Å². The molecule has 5 nitrogen and oxygen atoms in total. The summed E-state index contributed by atoms with van der Waals surface area (Å²) in [6, 6.07) is 15.9. The smallest absolute Gasteiger partial charge is 0.246 e. The van der Waals surface area contributed by atoms with Crippen molar-refractivity contribution in [1.29, 1.82) is 0 Å². The van der Waals surface area contributed by atoms with Crippen molar-refractivity contribution in [1.82, 2.24) is 15.1 Å². The van der Waals surface area contributed by atoms with E-state index in [4.69, 9.17) is 0 Å². The number of fused-ring (bicyclic) bond motifs is 1. The highest BCUT2D eigenvalue weighted by Gasteiger charge is 2.47. The Kier molecular flexibility index (Phi) is 9.13.